The number of ether oxygens (including phenoxy) is 2. The summed E-state index contributed by atoms with van der Waals surface area (Å²) in [5.41, 5.74) is 4.17. The predicted molar refractivity (Wildman–Crippen MR) is 97.9 cm³/mol. The van der Waals surface area contributed by atoms with Gasteiger partial charge in [-0.2, -0.15) is 5.10 Å². The van der Waals surface area contributed by atoms with Crippen molar-refractivity contribution in [2.75, 3.05) is 13.7 Å². The maximum absolute atomic E-state index is 11.8. The molecule has 2 aromatic rings. The Morgan fingerprint density at radius 3 is 2.72 bits per heavy atom. The van der Waals surface area contributed by atoms with E-state index in [0.717, 1.165) is 10.0 Å². The number of halogens is 1. The van der Waals surface area contributed by atoms with E-state index in [-0.39, 0.29) is 6.61 Å². The molecule has 1 amide bonds. The van der Waals surface area contributed by atoms with E-state index in [9.17, 15) is 9.59 Å². The van der Waals surface area contributed by atoms with E-state index in [1.165, 1.54) is 13.3 Å². The predicted octanol–water partition coefficient (Wildman–Crippen LogP) is 3.07. The van der Waals surface area contributed by atoms with Gasteiger partial charge in [-0.15, -0.1) is 0 Å². The molecule has 0 atom stereocenters. The van der Waals surface area contributed by atoms with Gasteiger partial charge in [0.2, 0.25) is 0 Å². The smallest absolute Gasteiger partial charge is 0.338 e. The average molecular weight is 405 g/mol. The van der Waals surface area contributed by atoms with Crippen molar-refractivity contribution >= 4 is 34.0 Å². The molecule has 0 unspecified atom stereocenters. The van der Waals surface area contributed by atoms with E-state index in [2.05, 4.69) is 26.5 Å². The third-order valence-corrected chi connectivity index (χ3v) is 3.76. The van der Waals surface area contributed by atoms with Crippen molar-refractivity contribution in [3.63, 3.8) is 0 Å². The van der Waals surface area contributed by atoms with Gasteiger partial charge in [0.15, 0.2) is 6.61 Å². The Morgan fingerprint density at radius 2 is 2.00 bits per heavy atom. The van der Waals surface area contributed by atoms with E-state index < -0.39 is 11.9 Å². The van der Waals surface area contributed by atoms with Crippen LogP contribution in [0.3, 0.4) is 0 Å². The van der Waals surface area contributed by atoms with Crippen LogP contribution in [0, 0.1) is 6.92 Å². The number of hydrogen-bond acceptors (Lipinski definition) is 5. The van der Waals surface area contributed by atoms with Crippen molar-refractivity contribution in [2.45, 2.75) is 6.92 Å². The first kappa shape index (κ1) is 18.7. The number of esters is 1. The third kappa shape index (κ3) is 5.42. The highest BCUT2D eigenvalue weighted by molar-refractivity contribution is 9.10. The first-order valence-electron chi connectivity index (χ1n) is 7.39. The summed E-state index contributed by atoms with van der Waals surface area (Å²) < 4.78 is 10.9. The first-order chi connectivity index (χ1) is 12.0. The second-order valence-electron chi connectivity index (χ2n) is 5.07. The lowest BCUT2D eigenvalue weighted by molar-refractivity contribution is -0.123. The van der Waals surface area contributed by atoms with Gasteiger partial charge >= 0.3 is 5.97 Å². The van der Waals surface area contributed by atoms with E-state index >= 15 is 0 Å². The van der Waals surface area contributed by atoms with Gasteiger partial charge in [0.25, 0.3) is 5.91 Å². The molecular formula is C18H17BrN2O4. The van der Waals surface area contributed by atoms with Gasteiger partial charge in [-0.05, 0) is 36.8 Å². The van der Waals surface area contributed by atoms with Crippen LogP contribution in [0.1, 0.15) is 21.5 Å². The van der Waals surface area contributed by atoms with Gasteiger partial charge in [0, 0.05) is 10.0 Å². The van der Waals surface area contributed by atoms with Crippen molar-refractivity contribution < 1.29 is 19.1 Å². The second kappa shape index (κ2) is 8.98. The number of benzene rings is 2. The SMILES string of the molecule is COC(=O)c1ccc(Br)cc1/C=N\NC(=O)COc1ccccc1C. The molecule has 25 heavy (non-hydrogen) atoms. The molecule has 2 aromatic carbocycles. The van der Waals surface area contributed by atoms with Crippen LogP contribution in [-0.4, -0.2) is 31.8 Å². The fourth-order valence-electron chi connectivity index (χ4n) is 2.00. The molecule has 2 rings (SSSR count). The molecule has 0 saturated heterocycles. The van der Waals surface area contributed by atoms with Gasteiger partial charge in [-0.25, -0.2) is 10.2 Å². The van der Waals surface area contributed by atoms with Crippen LogP contribution in [0.25, 0.3) is 0 Å². The zero-order valence-corrected chi connectivity index (χ0v) is 15.4. The van der Waals surface area contributed by atoms with Crippen molar-refractivity contribution in [2.24, 2.45) is 5.10 Å². The van der Waals surface area contributed by atoms with Crippen molar-refractivity contribution in [1.29, 1.82) is 0 Å². The normalized spacial score (nSPS) is 10.5. The quantitative estimate of drug-likeness (QED) is 0.455. The van der Waals surface area contributed by atoms with Gasteiger partial charge in [-0.1, -0.05) is 34.1 Å². The topological polar surface area (TPSA) is 77.0 Å². The molecule has 0 radical (unpaired) electrons. The van der Waals surface area contributed by atoms with Crippen molar-refractivity contribution in [1.82, 2.24) is 5.43 Å². The summed E-state index contributed by atoms with van der Waals surface area (Å²) in [5.74, 6) is -0.251. The molecule has 0 spiro atoms. The van der Waals surface area contributed by atoms with Crippen molar-refractivity contribution in [3.8, 4) is 5.75 Å². The van der Waals surface area contributed by atoms with Crippen LogP contribution in [-0.2, 0) is 9.53 Å². The number of amides is 1. The minimum absolute atomic E-state index is 0.162. The number of rotatable bonds is 6. The molecule has 0 aromatic heterocycles. The number of aryl methyl sites for hydroxylation is 1. The Hall–Kier alpha value is -2.67. The van der Waals surface area contributed by atoms with Crippen LogP contribution in [0.4, 0.5) is 0 Å². The number of nitrogens with zero attached hydrogens (tertiary/aromatic N) is 1. The van der Waals surface area contributed by atoms with Gasteiger partial charge in [0.1, 0.15) is 5.75 Å². The summed E-state index contributed by atoms with van der Waals surface area (Å²) in [5, 5.41) is 3.86. The standard InChI is InChI=1S/C18H17BrN2O4/c1-12-5-3-4-6-16(12)25-11-17(22)21-20-10-13-9-14(19)7-8-15(13)18(23)24-2/h3-10H,11H2,1-2H3,(H,21,22)/b20-10-. The number of para-hydroxylation sites is 1. The Bertz CT molecular complexity index is 805. The average Bonchev–Trinajstić information content (AvgIpc) is 2.60. The van der Waals surface area contributed by atoms with Crippen molar-refractivity contribution in [3.05, 3.63) is 63.6 Å². The summed E-state index contributed by atoms with van der Waals surface area (Å²) in [4.78, 5) is 23.5. The van der Waals surface area contributed by atoms with E-state index in [1.807, 2.05) is 25.1 Å². The Balaban J connectivity index is 1.96. The van der Waals surface area contributed by atoms with E-state index in [1.54, 1.807) is 24.3 Å². The lowest BCUT2D eigenvalue weighted by Crippen LogP contribution is -2.24. The molecule has 0 heterocycles. The largest absolute Gasteiger partial charge is 0.483 e. The molecule has 0 saturated carbocycles. The van der Waals surface area contributed by atoms with Crippen LogP contribution >= 0.6 is 15.9 Å². The maximum atomic E-state index is 11.8. The molecule has 0 fully saturated rings. The molecule has 0 aliphatic carbocycles. The lowest BCUT2D eigenvalue weighted by atomic mass is 10.1. The molecule has 6 nitrogen and oxygen atoms in total. The minimum atomic E-state index is -0.483. The summed E-state index contributed by atoms with van der Waals surface area (Å²) in [6, 6.07) is 12.4. The molecule has 0 bridgehead atoms. The molecule has 0 aliphatic rings. The first-order valence-corrected chi connectivity index (χ1v) is 8.18. The van der Waals surface area contributed by atoms with Gasteiger partial charge in [0.05, 0.1) is 18.9 Å². The zero-order chi connectivity index (χ0) is 18.2. The molecule has 1 N–H and O–H groups in total. The minimum Gasteiger partial charge on any atom is -0.483 e. The monoisotopic (exact) mass is 404 g/mol. The summed E-state index contributed by atoms with van der Waals surface area (Å²) in [7, 11) is 1.30. The Labute approximate surface area is 154 Å². The molecular weight excluding hydrogens is 388 g/mol. The molecule has 0 aliphatic heterocycles. The zero-order valence-electron chi connectivity index (χ0n) is 13.8. The summed E-state index contributed by atoms with van der Waals surface area (Å²) in [6.07, 6.45) is 1.38. The molecule has 7 heteroatoms. The summed E-state index contributed by atoms with van der Waals surface area (Å²) in [6.45, 7) is 1.73. The lowest BCUT2D eigenvalue weighted by Gasteiger charge is -2.07. The number of methoxy groups -OCH3 is 1. The maximum Gasteiger partial charge on any atom is 0.338 e. The third-order valence-electron chi connectivity index (χ3n) is 3.26. The van der Waals surface area contributed by atoms with Gasteiger partial charge in [-0.3, -0.25) is 4.79 Å². The summed E-state index contributed by atoms with van der Waals surface area (Å²) >= 11 is 3.32. The van der Waals surface area contributed by atoms with E-state index in [4.69, 9.17) is 9.47 Å². The number of carbonyl (C=O) groups is 2. The van der Waals surface area contributed by atoms with Crippen LogP contribution in [0.5, 0.6) is 5.75 Å². The number of carbonyl (C=O) groups excluding carboxylic acids is 2. The van der Waals surface area contributed by atoms with Crippen LogP contribution in [0.15, 0.2) is 52.0 Å². The fraction of sp³-hybridized carbons (Fsp3) is 0.167. The number of nitrogens with one attached hydrogen (secondary N) is 1. The Morgan fingerprint density at radius 1 is 1.24 bits per heavy atom. The second-order valence-corrected chi connectivity index (χ2v) is 5.99. The highest BCUT2D eigenvalue weighted by Crippen LogP contribution is 2.17. The fourth-order valence-corrected chi connectivity index (χ4v) is 2.38. The number of hydrogen-bond donors (Lipinski definition) is 1. The van der Waals surface area contributed by atoms with E-state index in [0.29, 0.717) is 16.9 Å². The Kier molecular flexibility index (Phi) is 6.71. The molecule has 130 valence electrons. The highest BCUT2D eigenvalue weighted by atomic mass is 79.9. The van der Waals surface area contributed by atoms with Gasteiger partial charge < -0.3 is 9.47 Å². The highest BCUT2D eigenvalue weighted by Gasteiger charge is 2.11. The number of hydrazone groups is 1. The van der Waals surface area contributed by atoms with Crippen LogP contribution < -0.4 is 10.2 Å². The van der Waals surface area contributed by atoms with Crippen LogP contribution in [0.2, 0.25) is 0 Å².